The molecule has 2 unspecified atom stereocenters. The number of aliphatic hydroxyl groups is 1. The largest absolute Gasteiger partial charge is 0.396 e. The first-order valence-electron chi connectivity index (χ1n) is 7.05. The number of aromatic nitrogens is 1. The van der Waals surface area contributed by atoms with Gasteiger partial charge in [-0.05, 0) is 30.7 Å². The molecular formula is C14H18N4O3. The zero-order valence-electron chi connectivity index (χ0n) is 11.7. The van der Waals surface area contributed by atoms with Crippen LogP contribution in [0.15, 0.2) is 12.3 Å². The first-order chi connectivity index (χ1) is 10.2. The minimum Gasteiger partial charge on any atom is -0.396 e. The SMILES string of the molecule is N#Cc1ccnc(NCC2CCCCC2CO)c1[N+](=O)[O-]. The van der Waals surface area contributed by atoms with E-state index in [1.165, 1.54) is 12.3 Å². The van der Waals surface area contributed by atoms with Crippen LogP contribution in [-0.2, 0) is 0 Å². The summed E-state index contributed by atoms with van der Waals surface area (Å²) in [5.74, 6) is 0.627. The molecule has 0 aliphatic heterocycles. The molecule has 1 heterocycles. The van der Waals surface area contributed by atoms with Crippen LogP contribution in [0.1, 0.15) is 31.2 Å². The minimum absolute atomic E-state index is 0.000137. The van der Waals surface area contributed by atoms with Gasteiger partial charge in [0.25, 0.3) is 0 Å². The van der Waals surface area contributed by atoms with E-state index < -0.39 is 4.92 Å². The molecule has 1 aromatic heterocycles. The van der Waals surface area contributed by atoms with E-state index in [0.29, 0.717) is 6.54 Å². The van der Waals surface area contributed by atoms with Crippen LogP contribution in [0.3, 0.4) is 0 Å². The Labute approximate surface area is 122 Å². The van der Waals surface area contributed by atoms with E-state index in [1.807, 2.05) is 6.07 Å². The molecule has 0 aromatic carbocycles. The van der Waals surface area contributed by atoms with Gasteiger partial charge in [-0.3, -0.25) is 10.1 Å². The Bertz CT molecular complexity index is 556. The maximum Gasteiger partial charge on any atom is 0.328 e. The first kappa shape index (κ1) is 15.2. The van der Waals surface area contributed by atoms with Gasteiger partial charge in [0.05, 0.1) is 4.92 Å². The Morgan fingerprint density at radius 2 is 2.19 bits per heavy atom. The minimum atomic E-state index is -0.585. The van der Waals surface area contributed by atoms with Gasteiger partial charge in [0, 0.05) is 19.3 Å². The van der Waals surface area contributed by atoms with E-state index in [1.54, 1.807) is 0 Å². The molecule has 1 saturated carbocycles. The van der Waals surface area contributed by atoms with Crippen LogP contribution < -0.4 is 5.32 Å². The Morgan fingerprint density at radius 1 is 1.48 bits per heavy atom. The van der Waals surface area contributed by atoms with Crippen molar-refractivity contribution in [1.29, 1.82) is 5.26 Å². The predicted octanol–water partition coefficient (Wildman–Crippen LogP) is 2.07. The highest BCUT2D eigenvalue weighted by atomic mass is 16.6. The van der Waals surface area contributed by atoms with Crippen molar-refractivity contribution in [2.45, 2.75) is 25.7 Å². The Morgan fingerprint density at radius 3 is 2.81 bits per heavy atom. The van der Waals surface area contributed by atoms with Crippen LogP contribution in [0.2, 0.25) is 0 Å². The van der Waals surface area contributed by atoms with Gasteiger partial charge in [0.1, 0.15) is 11.6 Å². The monoisotopic (exact) mass is 290 g/mol. The van der Waals surface area contributed by atoms with Crippen molar-refractivity contribution >= 4 is 11.5 Å². The first-order valence-corrected chi connectivity index (χ1v) is 7.05. The van der Waals surface area contributed by atoms with Gasteiger partial charge in [-0.1, -0.05) is 12.8 Å². The number of anilines is 1. The highest BCUT2D eigenvalue weighted by Gasteiger charge is 2.26. The molecule has 1 fully saturated rings. The Balaban J connectivity index is 2.13. The molecule has 0 radical (unpaired) electrons. The smallest absolute Gasteiger partial charge is 0.328 e. The molecule has 2 rings (SSSR count). The number of pyridine rings is 1. The van der Waals surface area contributed by atoms with Gasteiger partial charge < -0.3 is 10.4 Å². The maximum atomic E-state index is 11.1. The molecule has 2 N–H and O–H groups in total. The molecule has 0 spiro atoms. The second kappa shape index (κ2) is 6.99. The van der Waals surface area contributed by atoms with E-state index in [2.05, 4.69) is 10.3 Å². The van der Waals surface area contributed by atoms with E-state index >= 15 is 0 Å². The lowest BCUT2D eigenvalue weighted by Gasteiger charge is -2.30. The summed E-state index contributed by atoms with van der Waals surface area (Å²) in [4.78, 5) is 14.5. The topological polar surface area (TPSA) is 112 Å². The lowest BCUT2D eigenvalue weighted by atomic mass is 9.79. The van der Waals surface area contributed by atoms with Crippen molar-refractivity contribution in [3.63, 3.8) is 0 Å². The van der Waals surface area contributed by atoms with Gasteiger partial charge in [-0.15, -0.1) is 0 Å². The van der Waals surface area contributed by atoms with Crippen LogP contribution >= 0.6 is 0 Å². The molecule has 21 heavy (non-hydrogen) atoms. The lowest BCUT2D eigenvalue weighted by molar-refractivity contribution is -0.384. The van der Waals surface area contributed by atoms with Crippen molar-refractivity contribution in [3.8, 4) is 6.07 Å². The highest BCUT2D eigenvalue weighted by molar-refractivity contribution is 5.64. The lowest BCUT2D eigenvalue weighted by Crippen LogP contribution is -2.29. The zero-order valence-corrected chi connectivity index (χ0v) is 11.7. The van der Waals surface area contributed by atoms with Crippen LogP contribution in [0.4, 0.5) is 11.5 Å². The fourth-order valence-corrected chi connectivity index (χ4v) is 2.88. The fraction of sp³-hybridized carbons (Fsp3) is 0.571. The Kier molecular flexibility index (Phi) is 5.06. The summed E-state index contributed by atoms with van der Waals surface area (Å²) in [6.45, 7) is 0.661. The number of nitro groups is 1. The van der Waals surface area contributed by atoms with Crippen molar-refractivity contribution in [1.82, 2.24) is 4.98 Å². The fourth-order valence-electron chi connectivity index (χ4n) is 2.88. The zero-order chi connectivity index (χ0) is 15.2. The van der Waals surface area contributed by atoms with Crippen LogP contribution in [0.25, 0.3) is 0 Å². The maximum absolute atomic E-state index is 11.1. The number of aliphatic hydroxyl groups excluding tert-OH is 1. The molecule has 1 aromatic rings. The quantitative estimate of drug-likeness (QED) is 0.634. The molecular weight excluding hydrogens is 272 g/mol. The number of hydrogen-bond donors (Lipinski definition) is 2. The summed E-state index contributed by atoms with van der Waals surface area (Å²) in [6.07, 6.45) is 5.58. The normalized spacial score (nSPS) is 21.5. The summed E-state index contributed by atoms with van der Waals surface area (Å²) in [5.41, 5.74) is -0.281. The number of nitriles is 1. The molecule has 2 atom stereocenters. The summed E-state index contributed by atoms with van der Waals surface area (Å²) in [7, 11) is 0. The van der Waals surface area contributed by atoms with Crippen molar-refractivity contribution in [3.05, 3.63) is 27.9 Å². The van der Waals surface area contributed by atoms with Gasteiger partial charge in [-0.2, -0.15) is 5.26 Å². The second-order valence-electron chi connectivity index (χ2n) is 5.29. The number of hydrogen-bond acceptors (Lipinski definition) is 6. The third-order valence-electron chi connectivity index (χ3n) is 4.06. The third-order valence-corrected chi connectivity index (χ3v) is 4.06. The van der Waals surface area contributed by atoms with Gasteiger partial charge >= 0.3 is 5.69 Å². The van der Waals surface area contributed by atoms with Crippen molar-refractivity contribution < 1.29 is 10.0 Å². The Hall–Kier alpha value is -2.20. The third kappa shape index (κ3) is 3.47. The molecule has 7 heteroatoms. The van der Waals surface area contributed by atoms with Crippen LogP contribution in [0, 0.1) is 33.3 Å². The molecule has 112 valence electrons. The van der Waals surface area contributed by atoms with Crippen LogP contribution in [0.5, 0.6) is 0 Å². The molecule has 1 aliphatic rings. The summed E-state index contributed by atoms with van der Waals surface area (Å²) in [5, 5.41) is 32.4. The molecule has 0 amide bonds. The van der Waals surface area contributed by atoms with E-state index in [4.69, 9.17) is 5.26 Å². The van der Waals surface area contributed by atoms with E-state index in [-0.39, 0.29) is 35.5 Å². The van der Waals surface area contributed by atoms with Gasteiger partial charge in [0.2, 0.25) is 5.82 Å². The summed E-state index contributed by atoms with van der Waals surface area (Å²) < 4.78 is 0. The van der Waals surface area contributed by atoms with Crippen LogP contribution in [-0.4, -0.2) is 28.2 Å². The van der Waals surface area contributed by atoms with E-state index in [0.717, 1.165) is 25.7 Å². The predicted molar refractivity (Wildman–Crippen MR) is 76.6 cm³/mol. The van der Waals surface area contributed by atoms with Gasteiger partial charge in [-0.25, -0.2) is 4.98 Å². The van der Waals surface area contributed by atoms with Crippen molar-refractivity contribution in [2.24, 2.45) is 11.8 Å². The number of rotatable bonds is 5. The van der Waals surface area contributed by atoms with Gasteiger partial charge in [0.15, 0.2) is 0 Å². The van der Waals surface area contributed by atoms with E-state index in [9.17, 15) is 15.2 Å². The molecule has 7 nitrogen and oxygen atoms in total. The molecule has 0 saturated heterocycles. The second-order valence-corrected chi connectivity index (χ2v) is 5.29. The molecule has 0 bridgehead atoms. The summed E-state index contributed by atoms with van der Waals surface area (Å²) in [6, 6.07) is 3.15. The number of nitrogens with one attached hydrogen (secondary N) is 1. The standard InChI is InChI=1S/C14H18N4O3/c15-7-10-5-6-16-14(13(10)18(20)21)17-8-11-3-1-2-4-12(11)9-19/h5-6,11-12,19H,1-4,8-9H2,(H,16,17). The average molecular weight is 290 g/mol. The average Bonchev–Trinajstić information content (AvgIpc) is 2.52. The number of nitrogens with zero attached hydrogens (tertiary/aromatic N) is 3. The summed E-state index contributed by atoms with van der Waals surface area (Å²) >= 11 is 0. The molecule has 1 aliphatic carbocycles. The highest BCUT2D eigenvalue weighted by Crippen LogP contribution is 2.31. The van der Waals surface area contributed by atoms with Crippen molar-refractivity contribution in [2.75, 3.05) is 18.5 Å².